The first-order valence-electron chi connectivity index (χ1n) is 5.60. The lowest BCUT2D eigenvalue weighted by Crippen LogP contribution is -2.20. The quantitative estimate of drug-likeness (QED) is 0.385. The third kappa shape index (κ3) is 4.68. The van der Waals surface area contributed by atoms with Gasteiger partial charge in [0, 0.05) is 32.0 Å². The van der Waals surface area contributed by atoms with Gasteiger partial charge in [0.2, 0.25) is 5.91 Å². The number of rotatable bonds is 4. The van der Waals surface area contributed by atoms with E-state index in [-0.39, 0.29) is 11.6 Å². The molecule has 0 aliphatic heterocycles. The highest BCUT2D eigenvalue weighted by atomic mass is 16.6. The zero-order valence-electron chi connectivity index (χ0n) is 10.7. The van der Waals surface area contributed by atoms with Gasteiger partial charge in [0.15, 0.2) is 0 Å². The molecular weight excluding hydrogens is 248 g/mol. The normalized spacial score (nSPS) is 9.16. The number of nitro groups is 1. The van der Waals surface area contributed by atoms with Gasteiger partial charge in [-0.3, -0.25) is 14.9 Å². The molecule has 6 heteroatoms. The monoisotopic (exact) mass is 262 g/mol. The second-order valence-corrected chi connectivity index (χ2v) is 3.68. The number of carbonyl (C=O) groups excluding carboxylic acids is 1. The molecule has 0 atom stereocenters. The lowest BCUT2D eigenvalue weighted by molar-refractivity contribution is -0.384. The summed E-state index contributed by atoms with van der Waals surface area (Å²) in [5.41, 5.74) is 0.423. The predicted octanol–water partition coefficient (Wildman–Crippen LogP) is 1.48. The number of hydrogen-bond donors (Lipinski definition) is 1. The minimum atomic E-state index is -0.484. The molecule has 0 fully saturated rings. The summed E-state index contributed by atoms with van der Waals surface area (Å²) in [6.07, 6.45) is 0.464. The average molecular weight is 262 g/mol. The molecule has 1 aromatic rings. The van der Waals surface area contributed by atoms with Crippen molar-refractivity contribution in [2.45, 2.75) is 13.3 Å². The smallest absolute Gasteiger partial charge is 0.270 e. The zero-order chi connectivity index (χ0) is 14.3. The fraction of sp³-hybridized carbons (Fsp3) is 0.308. The zero-order valence-corrected chi connectivity index (χ0v) is 10.7. The molecule has 19 heavy (non-hydrogen) atoms. The Labute approximate surface area is 110 Å². The van der Waals surface area contributed by atoms with E-state index < -0.39 is 4.92 Å². The Morgan fingerprint density at radius 3 is 2.84 bits per heavy atom. The first-order chi connectivity index (χ1) is 9.04. The number of methoxy groups -OCH3 is 1. The SMILES string of the molecule is COc1ccc([N+](=O)[O-])cc1C#CCCNC(C)=O. The second-order valence-electron chi connectivity index (χ2n) is 3.68. The molecule has 0 spiro atoms. The highest BCUT2D eigenvalue weighted by Crippen LogP contribution is 2.22. The molecule has 0 heterocycles. The number of amides is 1. The van der Waals surface area contributed by atoms with Crippen molar-refractivity contribution in [1.29, 1.82) is 0 Å². The van der Waals surface area contributed by atoms with Crippen LogP contribution in [-0.2, 0) is 4.79 Å². The predicted molar refractivity (Wildman–Crippen MR) is 69.8 cm³/mol. The van der Waals surface area contributed by atoms with Crippen molar-refractivity contribution in [3.05, 3.63) is 33.9 Å². The summed E-state index contributed by atoms with van der Waals surface area (Å²) in [4.78, 5) is 20.8. The molecule has 1 N–H and O–H groups in total. The fourth-order valence-electron chi connectivity index (χ4n) is 1.37. The number of carbonyl (C=O) groups is 1. The highest BCUT2D eigenvalue weighted by Gasteiger charge is 2.09. The first-order valence-corrected chi connectivity index (χ1v) is 5.60. The lowest BCUT2D eigenvalue weighted by atomic mass is 10.1. The molecule has 0 unspecified atom stereocenters. The van der Waals surface area contributed by atoms with Crippen LogP contribution in [0.15, 0.2) is 18.2 Å². The molecule has 6 nitrogen and oxygen atoms in total. The molecule has 1 rings (SSSR count). The van der Waals surface area contributed by atoms with Crippen LogP contribution in [0.2, 0.25) is 0 Å². The Morgan fingerprint density at radius 1 is 1.53 bits per heavy atom. The maximum absolute atomic E-state index is 10.7. The lowest BCUT2D eigenvalue weighted by Gasteiger charge is -2.02. The largest absolute Gasteiger partial charge is 0.495 e. The van der Waals surface area contributed by atoms with Gasteiger partial charge in [-0.1, -0.05) is 11.8 Å². The minimum Gasteiger partial charge on any atom is -0.495 e. The average Bonchev–Trinajstić information content (AvgIpc) is 2.37. The van der Waals surface area contributed by atoms with E-state index in [2.05, 4.69) is 17.2 Å². The summed E-state index contributed by atoms with van der Waals surface area (Å²) in [7, 11) is 1.48. The van der Waals surface area contributed by atoms with Gasteiger partial charge in [0.05, 0.1) is 17.6 Å². The molecule has 0 bridgehead atoms. The van der Waals surface area contributed by atoms with Gasteiger partial charge in [-0.15, -0.1) is 0 Å². The van der Waals surface area contributed by atoms with Gasteiger partial charge >= 0.3 is 0 Å². The van der Waals surface area contributed by atoms with Crippen molar-refractivity contribution in [3.8, 4) is 17.6 Å². The second kappa shape index (κ2) is 7.01. The van der Waals surface area contributed by atoms with Gasteiger partial charge in [0.1, 0.15) is 5.75 Å². The van der Waals surface area contributed by atoms with Crippen LogP contribution in [0.25, 0.3) is 0 Å². The molecule has 0 aliphatic rings. The van der Waals surface area contributed by atoms with Gasteiger partial charge in [-0.2, -0.15) is 0 Å². The third-order valence-corrected chi connectivity index (χ3v) is 2.24. The standard InChI is InChI=1S/C13H14N2O4/c1-10(16)14-8-4-3-5-11-9-12(15(17)18)6-7-13(11)19-2/h6-7,9H,4,8H2,1-2H3,(H,14,16). The molecule has 0 radical (unpaired) electrons. The van der Waals surface area contributed by atoms with Crippen molar-refractivity contribution in [2.24, 2.45) is 0 Å². The maximum Gasteiger partial charge on any atom is 0.270 e. The third-order valence-electron chi connectivity index (χ3n) is 2.24. The number of nitrogens with zero attached hydrogens (tertiary/aromatic N) is 1. The Bertz CT molecular complexity index is 543. The van der Waals surface area contributed by atoms with E-state index in [0.29, 0.717) is 24.3 Å². The van der Waals surface area contributed by atoms with Crippen molar-refractivity contribution in [1.82, 2.24) is 5.32 Å². The molecule has 0 saturated heterocycles. The Balaban J connectivity index is 2.80. The number of nitro benzene ring substituents is 1. The van der Waals surface area contributed by atoms with Gasteiger partial charge in [-0.05, 0) is 6.07 Å². The summed E-state index contributed by atoms with van der Waals surface area (Å²) in [6, 6.07) is 4.24. The van der Waals surface area contributed by atoms with Gasteiger partial charge in [0.25, 0.3) is 5.69 Å². The molecular formula is C13H14N2O4. The number of non-ortho nitro benzene ring substituents is 1. The van der Waals surface area contributed by atoms with Crippen molar-refractivity contribution >= 4 is 11.6 Å². The number of hydrogen-bond acceptors (Lipinski definition) is 4. The van der Waals surface area contributed by atoms with Crippen LogP contribution in [0.4, 0.5) is 5.69 Å². The van der Waals surface area contributed by atoms with E-state index in [1.165, 1.54) is 32.2 Å². The highest BCUT2D eigenvalue weighted by molar-refractivity contribution is 5.72. The Kier molecular flexibility index (Phi) is 5.35. The maximum atomic E-state index is 10.7. The Hall–Kier alpha value is -2.55. The minimum absolute atomic E-state index is 0.0352. The van der Waals surface area contributed by atoms with Crippen molar-refractivity contribution in [2.75, 3.05) is 13.7 Å². The number of nitrogens with one attached hydrogen (secondary N) is 1. The summed E-state index contributed by atoms with van der Waals surface area (Å²) >= 11 is 0. The topological polar surface area (TPSA) is 81.5 Å². The summed E-state index contributed by atoms with van der Waals surface area (Å²) in [5.74, 6) is 6.00. The number of benzene rings is 1. The van der Waals surface area contributed by atoms with Crippen LogP contribution in [-0.4, -0.2) is 24.5 Å². The van der Waals surface area contributed by atoms with Crippen molar-refractivity contribution < 1.29 is 14.5 Å². The molecule has 1 amide bonds. The molecule has 100 valence electrons. The Morgan fingerprint density at radius 2 is 2.26 bits per heavy atom. The van der Waals surface area contributed by atoms with E-state index in [1.807, 2.05) is 0 Å². The van der Waals surface area contributed by atoms with E-state index in [1.54, 1.807) is 0 Å². The van der Waals surface area contributed by atoms with Crippen LogP contribution < -0.4 is 10.1 Å². The van der Waals surface area contributed by atoms with Gasteiger partial charge in [-0.25, -0.2) is 0 Å². The summed E-state index contributed by atoms with van der Waals surface area (Å²) in [5, 5.41) is 13.3. The van der Waals surface area contributed by atoms with Gasteiger partial charge < -0.3 is 10.1 Å². The summed E-state index contributed by atoms with van der Waals surface area (Å²) in [6.45, 7) is 1.87. The number of ether oxygens (including phenoxy) is 1. The van der Waals surface area contributed by atoms with Crippen LogP contribution in [0.1, 0.15) is 18.9 Å². The van der Waals surface area contributed by atoms with Crippen LogP contribution in [0, 0.1) is 22.0 Å². The molecule has 0 aromatic heterocycles. The van der Waals surface area contributed by atoms with E-state index in [9.17, 15) is 14.9 Å². The fourth-order valence-corrected chi connectivity index (χ4v) is 1.37. The van der Waals surface area contributed by atoms with Crippen LogP contribution in [0.3, 0.4) is 0 Å². The van der Waals surface area contributed by atoms with Crippen LogP contribution >= 0.6 is 0 Å². The molecule has 0 aliphatic carbocycles. The molecule has 0 saturated carbocycles. The summed E-state index contributed by atoms with van der Waals surface area (Å²) < 4.78 is 5.08. The van der Waals surface area contributed by atoms with E-state index in [4.69, 9.17) is 4.74 Å². The van der Waals surface area contributed by atoms with Crippen LogP contribution in [0.5, 0.6) is 5.75 Å². The first kappa shape index (κ1) is 14.5. The van der Waals surface area contributed by atoms with E-state index >= 15 is 0 Å². The van der Waals surface area contributed by atoms with Crippen molar-refractivity contribution in [3.63, 3.8) is 0 Å². The molecule has 1 aromatic carbocycles. The van der Waals surface area contributed by atoms with E-state index in [0.717, 1.165) is 0 Å².